The van der Waals surface area contributed by atoms with Crippen LogP contribution in [-0.2, 0) is 5.54 Å². The lowest BCUT2D eigenvalue weighted by atomic mass is 10.00. The molecule has 22 heavy (non-hydrogen) atoms. The first-order valence-electron chi connectivity index (χ1n) is 8.94. The van der Waals surface area contributed by atoms with Crippen molar-refractivity contribution < 1.29 is 9.80 Å². The number of quaternary nitrogens is 2. The summed E-state index contributed by atoms with van der Waals surface area (Å²) in [6.45, 7) is 13.9. The van der Waals surface area contributed by atoms with Gasteiger partial charge in [0.1, 0.15) is 32.2 Å². The highest BCUT2D eigenvalue weighted by Gasteiger charge is 2.35. The Hall–Kier alpha value is -1.01. The van der Waals surface area contributed by atoms with Gasteiger partial charge in [-0.25, -0.2) is 4.68 Å². The topological polar surface area (TPSA) is 52.5 Å². The van der Waals surface area contributed by atoms with Gasteiger partial charge in [0.15, 0.2) is 0 Å². The third-order valence-electron chi connectivity index (χ3n) is 5.33. The van der Waals surface area contributed by atoms with Gasteiger partial charge in [-0.3, -0.25) is 0 Å². The van der Waals surface area contributed by atoms with Gasteiger partial charge in [0.05, 0.1) is 12.6 Å². The Balaban J connectivity index is 2.24. The number of hydrogen-bond acceptors (Lipinski definition) is 3. The molecule has 0 radical (unpaired) electrons. The smallest absolute Gasteiger partial charge is 0.209 e. The predicted molar refractivity (Wildman–Crippen MR) is 87.0 cm³/mol. The van der Waals surface area contributed by atoms with Crippen molar-refractivity contribution in [2.75, 3.05) is 33.2 Å². The number of unbranched alkanes of at least 4 members (excludes halogenated alkanes) is 1. The maximum Gasteiger partial charge on any atom is 0.209 e. The fourth-order valence-electron chi connectivity index (χ4n) is 3.26. The van der Waals surface area contributed by atoms with Crippen molar-refractivity contribution >= 4 is 0 Å². The molecule has 0 unspecified atom stereocenters. The van der Waals surface area contributed by atoms with Crippen LogP contribution in [0.1, 0.15) is 65.2 Å². The van der Waals surface area contributed by atoms with Crippen LogP contribution in [0.2, 0.25) is 0 Å². The number of piperazine rings is 1. The molecule has 1 aliphatic heterocycles. The van der Waals surface area contributed by atoms with Crippen molar-refractivity contribution in [1.29, 1.82) is 0 Å². The number of likely N-dealkylation sites (N-methyl/N-ethyl adjacent to an activating group) is 1. The molecule has 1 aromatic rings. The van der Waals surface area contributed by atoms with Crippen molar-refractivity contribution in [2.45, 2.75) is 65.0 Å². The van der Waals surface area contributed by atoms with E-state index in [4.69, 9.17) is 0 Å². The van der Waals surface area contributed by atoms with Gasteiger partial charge in [-0.15, -0.1) is 5.10 Å². The molecule has 1 aliphatic rings. The molecule has 0 bridgehead atoms. The molecule has 0 aliphatic carbocycles. The highest BCUT2D eigenvalue weighted by Crippen LogP contribution is 2.23. The minimum atomic E-state index is -0.0133. The van der Waals surface area contributed by atoms with Crippen LogP contribution >= 0.6 is 0 Å². The summed E-state index contributed by atoms with van der Waals surface area (Å²) < 4.78 is 2.09. The third-order valence-corrected chi connectivity index (χ3v) is 5.33. The Morgan fingerprint density at radius 2 is 1.86 bits per heavy atom. The first kappa shape index (κ1) is 17.3. The lowest BCUT2D eigenvalue weighted by Gasteiger charge is -2.34. The Morgan fingerprint density at radius 1 is 1.18 bits per heavy atom. The zero-order valence-corrected chi connectivity index (χ0v) is 15.0. The Morgan fingerprint density at radius 3 is 2.45 bits per heavy atom. The van der Waals surface area contributed by atoms with Crippen molar-refractivity contribution in [2.24, 2.45) is 0 Å². The molecule has 126 valence electrons. The molecule has 6 heteroatoms. The van der Waals surface area contributed by atoms with Crippen LogP contribution < -0.4 is 9.80 Å². The van der Waals surface area contributed by atoms with Gasteiger partial charge in [-0.05, 0) is 37.1 Å². The van der Waals surface area contributed by atoms with E-state index in [1.165, 1.54) is 45.4 Å². The summed E-state index contributed by atoms with van der Waals surface area (Å²) in [6, 6.07) is 0.439. The first-order chi connectivity index (χ1) is 10.5. The quantitative estimate of drug-likeness (QED) is 0.711. The van der Waals surface area contributed by atoms with E-state index in [1.54, 1.807) is 9.80 Å². The standard InChI is InChI=1S/C16H32N6/c1-6-8-9-14(21-12-10-20(5)11-13-21)15-17-18-19-22(15)16(3,4)7-2/h14H,6-13H2,1-5H3/p+2/t14-/m1/s1. The summed E-state index contributed by atoms with van der Waals surface area (Å²) in [5.74, 6) is 1.09. The fraction of sp³-hybridized carbons (Fsp3) is 0.938. The normalized spacial score (nSPS) is 24.4. The first-order valence-corrected chi connectivity index (χ1v) is 8.94. The molecule has 6 nitrogen and oxygen atoms in total. The van der Waals surface area contributed by atoms with Crippen molar-refractivity contribution in [3.8, 4) is 0 Å². The average Bonchev–Trinajstić information content (AvgIpc) is 2.99. The van der Waals surface area contributed by atoms with E-state index < -0.39 is 0 Å². The Kier molecular flexibility index (Phi) is 5.92. The van der Waals surface area contributed by atoms with E-state index in [9.17, 15) is 0 Å². The maximum absolute atomic E-state index is 4.45. The van der Waals surface area contributed by atoms with Crippen LogP contribution in [-0.4, -0.2) is 53.4 Å². The molecule has 2 rings (SSSR count). The number of hydrogen-bond donors (Lipinski definition) is 2. The van der Waals surface area contributed by atoms with Crippen molar-refractivity contribution in [3.63, 3.8) is 0 Å². The van der Waals surface area contributed by atoms with Crippen molar-refractivity contribution in [1.82, 2.24) is 20.2 Å². The molecule has 1 atom stereocenters. The third kappa shape index (κ3) is 3.84. The number of nitrogens with zero attached hydrogens (tertiary/aromatic N) is 4. The summed E-state index contributed by atoms with van der Waals surface area (Å²) >= 11 is 0. The van der Waals surface area contributed by atoms with E-state index in [2.05, 4.69) is 54.9 Å². The van der Waals surface area contributed by atoms with E-state index >= 15 is 0 Å². The van der Waals surface area contributed by atoms with Gasteiger partial charge in [0.2, 0.25) is 5.82 Å². The van der Waals surface area contributed by atoms with Gasteiger partial charge in [-0.2, -0.15) is 0 Å². The van der Waals surface area contributed by atoms with Crippen LogP contribution in [0.25, 0.3) is 0 Å². The van der Waals surface area contributed by atoms with Crippen LogP contribution in [0.3, 0.4) is 0 Å². The SMILES string of the molecule is CCCC[C@H](c1nnnn1C(C)(C)CC)[NH+]1CC[NH+](C)CC1. The summed E-state index contributed by atoms with van der Waals surface area (Å²) in [7, 11) is 2.29. The highest BCUT2D eigenvalue weighted by molar-refractivity contribution is 4.93. The second-order valence-corrected chi connectivity index (χ2v) is 7.43. The van der Waals surface area contributed by atoms with Crippen molar-refractivity contribution in [3.05, 3.63) is 5.82 Å². The molecule has 0 aromatic carbocycles. The Bertz CT molecular complexity index is 447. The summed E-state index contributed by atoms with van der Waals surface area (Å²) in [5, 5.41) is 12.8. The minimum Gasteiger partial charge on any atom is -0.328 e. The molecule has 1 saturated heterocycles. The summed E-state index contributed by atoms with van der Waals surface area (Å²) in [4.78, 5) is 3.31. The van der Waals surface area contributed by atoms with Gasteiger partial charge >= 0.3 is 0 Å². The molecular weight excluding hydrogens is 276 g/mol. The monoisotopic (exact) mass is 310 g/mol. The lowest BCUT2D eigenvalue weighted by molar-refractivity contribution is -1.02. The molecule has 2 N–H and O–H groups in total. The van der Waals surface area contributed by atoms with Gasteiger partial charge in [0, 0.05) is 6.42 Å². The highest BCUT2D eigenvalue weighted by atomic mass is 15.6. The van der Waals surface area contributed by atoms with E-state index in [1.807, 2.05) is 0 Å². The van der Waals surface area contributed by atoms with Crippen LogP contribution in [0.5, 0.6) is 0 Å². The molecule has 1 aromatic heterocycles. The zero-order valence-electron chi connectivity index (χ0n) is 15.0. The Labute approximate surface area is 134 Å². The molecule has 0 saturated carbocycles. The van der Waals surface area contributed by atoms with Gasteiger partial charge in [-0.1, -0.05) is 20.3 Å². The molecule has 2 heterocycles. The fourth-order valence-corrected chi connectivity index (χ4v) is 3.26. The predicted octanol–water partition coefficient (Wildman–Crippen LogP) is -0.537. The van der Waals surface area contributed by atoms with E-state index in [0.29, 0.717) is 6.04 Å². The van der Waals surface area contributed by atoms with E-state index in [0.717, 1.165) is 12.2 Å². The second-order valence-electron chi connectivity index (χ2n) is 7.43. The van der Waals surface area contributed by atoms with Gasteiger partial charge < -0.3 is 9.80 Å². The number of aromatic nitrogens is 4. The van der Waals surface area contributed by atoms with Crippen LogP contribution in [0, 0.1) is 0 Å². The second kappa shape index (κ2) is 7.51. The van der Waals surface area contributed by atoms with E-state index in [-0.39, 0.29) is 5.54 Å². The minimum absolute atomic E-state index is 0.0133. The number of rotatable bonds is 7. The largest absolute Gasteiger partial charge is 0.328 e. The average molecular weight is 310 g/mol. The molecule has 0 amide bonds. The summed E-state index contributed by atoms with van der Waals surface area (Å²) in [5.41, 5.74) is -0.0133. The molecule has 1 fully saturated rings. The molecule has 0 spiro atoms. The zero-order chi connectivity index (χ0) is 16.2. The lowest BCUT2D eigenvalue weighted by Crippen LogP contribution is -3.27. The van der Waals surface area contributed by atoms with Crippen LogP contribution in [0.4, 0.5) is 0 Å². The number of nitrogens with one attached hydrogen (secondary N) is 2. The summed E-state index contributed by atoms with van der Waals surface area (Å²) in [6.07, 6.45) is 4.70. The maximum atomic E-state index is 4.45. The number of tetrazole rings is 1. The molecular formula is C16H34N6+2. The van der Waals surface area contributed by atoms with Crippen LogP contribution in [0.15, 0.2) is 0 Å². The van der Waals surface area contributed by atoms with Gasteiger partial charge in [0.25, 0.3) is 0 Å².